The van der Waals surface area contributed by atoms with E-state index in [1.54, 1.807) is 13.4 Å². The molecule has 21 heavy (non-hydrogen) atoms. The molecule has 0 fully saturated rings. The first-order valence-electron chi connectivity index (χ1n) is 7.47. The lowest BCUT2D eigenvalue weighted by Crippen LogP contribution is -2.45. The summed E-state index contributed by atoms with van der Waals surface area (Å²) in [6.45, 7) is 4.56. The second-order valence-corrected chi connectivity index (χ2v) is 6.45. The van der Waals surface area contributed by atoms with Crippen molar-refractivity contribution in [2.45, 2.75) is 44.4 Å². The minimum Gasteiger partial charge on any atom is -0.481 e. The standard InChI is InChI=1S/C16H19N3O2/c1-9-12-5-4-11-14(17-8-18-15(11)20-3)16(12,2)6-10-7-19-21-13(9)10/h7-9,12H,4-6H2,1-3H3/t9-,12-,16-/m0/s1. The zero-order chi connectivity index (χ0) is 14.6. The minimum absolute atomic E-state index is 0.00176. The highest BCUT2D eigenvalue weighted by Gasteiger charge is 2.50. The number of methoxy groups -OCH3 is 1. The van der Waals surface area contributed by atoms with Gasteiger partial charge < -0.3 is 9.26 Å². The molecule has 3 atom stereocenters. The van der Waals surface area contributed by atoms with Crippen LogP contribution in [0.25, 0.3) is 0 Å². The third-order valence-corrected chi connectivity index (χ3v) is 5.41. The summed E-state index contributed by atoms with van der Waals surface area (Å²) in [5.41, 5.74) is 3.53. The molecule has 0 radical (unpaired) electrons. The lowest BCUT2D eigenvalue weighted by atomic mass is 9.57. The van der Waals surface area contributed by atoms with Gasteiger partial charge in [-0.25, -0.2) is 9.97 Å². The number of hydrogen-bond acceptors (Lipinski definition) is 5. The predicted molar refractivity (Wildman–Crippen MR) is 76.4 cm³/mol. The molecule has 0 saturated heterocycles. The summed E-state index contributed by atoms with van der Waals surface area (Å²) in [4.78, 5) is 8.90. The largest absolute Gasteiger partial charge is 0.481 e. The maximum atomic E-state index is 5.49. The molecule has 0 unspecified atom stereocenters. The summed E-state index contributed by atoms with van der Waals surface area (Å²) in [5.74, 6) is 2.67. The SMILES string of the molecule is COc1ncnc2c1CC[C@H]1[C@H](C)c3oncc3C[C@]21C. The van der Waals surface area contributed by atoms with Gasteiger partial charge in [-0.05, 0) is 25.2 Å². The van der Waals surface area contributed by atoms with E-state index in [1.807, 2.05) is 6.20 Å². The van der Waals surface area contributed by atoms with Crippen molar-refractivity contribution < 1.29 is 9.26 Å². The zero-order valence-corrected chi connectivity index (χ0v) is 12.6. The molecule has 0 saturated carbocycles. The molecule has 0 amide bonds. The molecule has 0 spiro atoms. The highest BCUT2D eigenvalue weighted by molar-refractivity contribution is 5.42. The fourth-order valence-electron chi connectivity index (χ4n) is 4.46. The van der Waals surface area contributed by atoms with Gasteiger partial charge in [0.1, 0.15) is 12.1 Å². The fraction of sp³-hybridized carbons (Fsp3) is 0.562. The molecule has 0 aromatic carbocycles. The van der Waals surface area contributed by atoms with Crippen molar-refractivity contribution in [1.82, 2.24) is 15.1 Å². The lowest BCUT2D eigenvalue weighted by Gasteiger charge is -2.47. The monoisotopic (exact) mass is 285 g/mol. The number of fused-ring (bicyclic) bond motifs is 4. The highest BCUT2D eigenvalue weighted by atomic mass is 16.5. The fourth-order valence-corrected chi connectivity index (χ4v) is 4.46. The van der Waals surface area contributed by atoms with Gasteiger partial charge >= 0.3 is 0 Å². The Balaban J connectivity index is 1.90. The van der Waals surface area contributed by atoms with Crippen LogP contribution in [0.5, 0.6) is 5.88 Å². The second kappa shape index (κ2) is 4.29. The lowest BCUT2D eigenvalue weighted by molar-refractivity contribution is 0.169. The molecule has 2 aliphatic carbocycles. The van der Waals surface area contributed by atoms with E-state index in [2.05, 4.69) is 29.0 Å². The van der Waals surface area contributed by atoms with Crippen molar-refractivity contribution in [3.63, 3.8) is 0 Å². The summed E-state index contributed by atoms with van der Waals surface area (Å²) >= 11 is 0. The van der Waals surface area contributed by atoms with Gasteiger partial charge in [-0.1, -0.05) is 19.0 Å². The molecule has 2 aromatic heterocycles. The molecule has 5 heteroatoms. The van der Waals surface area contributed by atoms with Crippen LogP contribution in [0.4, 0.5) is 0 Å². The van der Waals surface area contributed by atoms with Crippen molar-refractivity contribution in [3.05, 3.63) is 35.1 Å². The van der Waals surface area contributed by atoms with Crippen LogP contribution in [-0.4, -0.2) is 22.2 Å². The summed E-state index contributed by atoms with van der Waals surface area (Å²) in [7, 11) is 1.68. The van der Waals surface area contributed by atoms with Gasteiger partial charge in [0.2, 0.25) is 5.88 Å². The molecular weight excluding hydrogens is 266 g/mol. The van der Waals surface area contributed by atoms with Crippen LogP contribution in [0.2, 0.25) is 0 Å². The third-order valence-electron chi connectivity index (χ3n) is 5.41. The second-order valence-electron chi connectivity index (χ2n) is 6.45. The molecule has 0 N–H and O–H groups in total. The minimum atomic E-state index is 0.00176. The van der Waals surface area contributed by atoms with Crippen LogP contribution < -0.4 is 4.74 Å². The van der Waals surface area contributed by atoms with E-state index < -0.39 is 0 Å². The maximum Gasteiger partial charge on any atom is 0.219 e. The number of hydrogen-bond donors (Lipinski definition) is 0. The quantitative estimate of drug-likeness (QED) is 0.806. The topological polar surface area (TPSA) is 61.0 Å². The molecule has 0 bridgehead atoms. The van der Waals surface area contributed by atoms with Crippen LogP contribution in [0.1, 0.15) is 48.8 Å². The molecule has 4 rings (SSSR count). The van der Waals surface area contributed by atoms with Crippen LogP contribution in [0.15, 0.2) is 17.0 Å². The average molecular weight is 285 g/mol. The Kier molecular flexibility index (Phi) is 2.62. The Morgan fingerprint density at radius 2 is 2.24 bits per heavy atom. The number of nitrogens with zero attached hydrogens (tertiary/aromatic N) is 3. The normalized spacial score (nSPS) is 30.2. The summed E-state index contributed by atoms with van der Waals surface area (Å²) in [6.07, 6.45) is 6.48. The van der Waals surface area contributed by atoms with Crippen molar-refractivity contribution >= 4 is 0 Å². The molecular formula is C16H19N3O2. The first kappa shape index (κ1) is 12.8. The van der Waals surface area contributed by atoms with Crippen molar-refractivity contribution in [1.29, 1.82) is 0 Å². The Morgan fingerprint density at radius 1 is 1.38 bits per heavy atom. The third kappa shape index (κ3) is 1.60. The zero-order valence-electron chi connectivity index (χ0n) is 12.6. The molecule has 0 aliphatic heterocycles. The first-order valence-corrected chi connectivity index (χ1v) is 7.47. The van der Waals surface area contributed by atoms with E-state index in [9.17, 15) is 0 Å². The van der Waals surface area contributed by atoms with E-state index in [0.717, 1.165) is 36.6 Å². The van der Waals surface area contributed by atoms with Crippen LogP contribution >= 0.6 is 0 Å². The van der Waals surface area contributed by atoms with Gasteiger partial charge in [0.15, 0.2) is 0 Å². The van der Waals surface area contributed by atoms with Crippen LogP contribution in [0, 0.1) is 5.92 Å². The van der Waals surface area contributed by atoms with E-state index in [0.29, 0.717) is 11.8 Å². The number of aromatic nitrogens is 3. The summed E-state index contributed by atoms with van der Waals surface area (Å²) < 4.78 is 10.9. The van der Waals surface area contributed by atoms with Gasteiger partial charge in [0, 0.05) is 22.5 Å². The van der Waals surface area contributed by atoms with E-state index in [1.165, 1.54) is 11.1 Å². The molecule has 2 heterocycles. The first-order chi connectivity index (χ1) is 10.1. The Bertz CT molecular complexity index is 697. The van der Waals surface area contributed by atoms with Crippen LogP contribution in [0.3, 0.4) is 0 Å². The van der Waals surface area contributed by atoms with Crippen molar-refractivity contribution in [2.24, 2.45) is 5.92 Å². The Labute approximate surface area is 123 Å². The number of ether oxygens (including phenoxy) is 1. The highest BCUT2D eigenvalue weighted by Crippen LogP contribution is 2.53. The maximum absolute atomic E-state index is 5.49. The van der Waals surface area contributed by atoms with Gasteiger partial charge in [-0.15, -0.1) is 0 Å². The average Bonchev–Trinajstić information content (AvgIpc) is 2.94. The van der Waals surface area contributed by atoms with Crippen LogP contribution in [-0.2, 0) is 18.3 Å². The number of rotatable bonds is 1. The van der Waals surface area contributed by atoms with E-state index >= 15 is 0 Å². The molecule has 5 nitrogen and oxygen atoms in total. The predicted octanol–water partition coefficient (Wildman–Crippen LogP) is 2.65. The Hall–Kier alpha value is -1.91. The smallest absolute Gasteiger partial charge is 0.219 e. The summed E-state index contributed by atoms with van der Waals surface area (Å²) in [6, 6.07) is 0. The van der Waals surface area contributed by atoms with Gasteiger partial charge in [-0.3, -0.25) is 0 Å². The van der Waals surface area contributed by atoms with Gasteiger partial charge in [-0.2, -0.15) is 0 Å². The molecule has 2 aliphatic rings. The molecule has 2 aromatic rings. The Morgan fingerprint density at radius 3 is 3.05 bits per heavy atom. The van der Waals surface area contributed by atoms with E-state index in [-0.39, 0.29) is 5.41 Å². The summed E-state index contributed by atoms with van der Waals surface area (Å²) in [5, 5.41) is 4.00. The molecule has 110 valence electrons. The van der Waals surface area contributed by atoms with E-state index in [4.69, 9.17) is 9.26 Å². The van der Waals surface area contributed by atoms with Crippen molar-refractivity contribution in [3.8, 4) is 5.88 Å². The van der Waals surface area contributed by atoms with Gasteiger partial charge in [0.25, 0.3) is 0 Å². The van der Waals surface area contributed by atoms with Gasteiger partial charge in [0.05, 0.1) is 19.0 Å². The van der Waals surface area contributed by atoms with Crippen molar-refractivity contribution in [2.75, 3.05) is 7.11 Å².